The summed E-state index contributed by atoms with van der Waals surface area (Å²) < 4.78 is 0. The van der Waals surface area contributed by atoms with Crippen molar-refractivity contribution in [3.8, 4) is 0 Å². The summed E-state index contributed by atoms with van der Waals surface area (Å²) in [6.07, 6.45) is -4.54. The molecule has 4 N–H and O–H groups in total. The first-order valence-corrected chi connectivity index (χ1v) is 2.89. The van der Waals surface area contributed by atoms with Crippen LogP contribution in [0.3, 0.4) is 0 Å². The highest BCUT2D eigenvalue weighted by Crippen LogP contribution is 2.00. The Balaban J connectivity index is 3.96. The van der Waals surface area contributed by atoms with Gasteiger partial charge in [0, 0.05) is 0 Å². The lowest BCUT2D eigenvalue weighted by Crippen LogP contribution is -2.41. The van der Waals surface area contributed by atoms with Crippen LogP contribution < -0.4 is 0 Å². The molecule has 0 aromatic carbocycles. The molecule has 0 fully saturated rings. The van der Waals surface area contributed by atoms with Gasteiger partial charge in [-0.25, -0.2) is 4.89 Å². The molecule has 11 heavy (non-hydrogen) atoms. The van der Waals surface area contributed by atoms with Crippen molar-refractivity contribution in [2.75, 3.05) is 6.61 Å². The number of aliphatic hydroxyl groups excluding tert-OH is 3. The zero-order chi connectivity index (χ0) is 8.85. The second-order valence-corrected chi connectivity index (χ2v) is 1.95. The van der Waals surface area contributed by atoms with Gasteiger partial charge in [0.05, 0.1) is 6.61 Å². The van der Waals surface area contributed by atoms with E-state index < -0.39 is 24.9 Å². The molecule has 0 radical (unpaired) electrons. The molecule has 66 valence electrons. The zero-order valence-electron chi connectivity index (χ0n) is 5.62. The maximum absolute atomic E-state index is 9.96. The summed E-state index contributed by atoms with van der Waals surface area (Å²) >= 11 is 0. The average molecular weight is 166 g/mol. The van der Waals surface area contributed by atoms with Crippen molar-refractivity contribution in [3.05, 3.63) is 0 Å². The third kappa shape index (κ3) is 2.91. The molecule has 6 heteroatoms. The highest BCUT2D eigenvalue weighted by Gasteiger charge is 2.26. The first kappa shape index (κ1) is 10.5. The summed E-state index contributed by atoms with van der Waals surface area (Å²) in [6.45, 7) is -0.713. The van der Waals surface area contributed by atoms with E-state index in [2.05, 4.69) is 4.89 Å². The second-order valence-electron chi connectivity index (χ2n) is 1.95. The number of rotatable bonds is 5. The minimum Gasteiger partial charge on any atom is -0.394 e. The summed E-state index contributed by atoms with van der Waals surface area (Å²) in [7, 11) is 0. The van der Waals surface area contributed by atoms with Gasteiger partial charge in [-0.05, 0) is 0 Å². The van der Waals surface area contributed by atoms with Crippen LogP contribution in [0.5, 0.6) is 0 Å². The molecule has 0 aliphatic rings. The first-order valence-electron chi connectivity index (χ1n) is 2.89. The maximum Gasteiger partial charge on any atom is 0.176 e. The Morgan fingerprint density at radius 1 is 1.45 bits per heavy atom. The predicted molar refractivity (Wildman–Crippen MR) is 32.7 cm³/mol. The smallest absolute Gasteiger partial charge is 0.176 e. The van der Waals surface area contributed by atoms with Gasteiger partial charge in [-0.15, -0.1) is 0 Å². The lowest BCUT2D eigenvalue weighted by molar-refractivity contribution is -0.291. The van der Waals surface area contributed by atoms with Crippen molar-refractivity contribution < 1.29 is 30.3 Å². The number of aldehydes is 1. The first-order chi connectivity index (χ1) is 5.17. The van der Waals surface area contributed by atoms with Gasteiger partial charge in [0.2, 0.25) is 0 Å². The van der Waals surface area contributed by atoms with Crippen molar-refractivity contribution in [1.29, 1.82) is 0 Å². The lowest BCUT2D eigenvalue weighted by Gasteiger charge is -2.18. The fourth-order valence-corrected chi connectivity index (χ4v) is 0.495. The molecule has 0 amide bonds. The largest absolute Gasteiger partial charge is 0.394 e. The Bertz CT molecular complexity index is 116. The molecule has 0 saturated carbocycles. The number of hydrogen-bond donors (Lipinski definition) is 4. The van der Waals surface area contributed by atoms with Crippen LogP contribution in [0, 0.1) is 0 Å². The summed E-state index contributed by atoms with van der Waals surface area (Å²) in [5.74, 6) is 0. The Morgan fingerprint density at radius 3 is 2.27 bits per heavy atom. The molecule has 6 nitrogen and oxygen atoms in total. The molecule has 0 unspecified atom stereocenters. The lowest BCUT2D eigenvalue weighted by atomic mass is 10.1. The third-order valence-electron chi connectivity index (χ3n) is 1.17. The quantitative estimate of drug-likeness (QED) is 0.209. The molecule has 0 aliphatic carbocycles. The zero-order valence-corrected chi connectivity index (χ0v) is 5.62. The molecule has 0 saturated heterocycles. The van der Waals surface area contributed by atoms with E-state index in [1.807, 2.05) is 0 Å². The Labute approximate surface area is 62.6 Å². The van der Waals surface area contributed by atoms with Crippen molar-refractivity contribution >= 4 is 6.29 Å². The van der Waals surface area contributed by atoms with Gasteiger partial charge in [-0.2, -0.15) is 0 Å². The maximum atomic E-state index is 9.96. The Morgan fingerprint density at radius 2 is 2.00 bits per heavy atom. The molecular formula is C5H10O6. The molecule has 0 aromatic heterocycles. The molecule has 0 aliphatic heterocycles. The number of carbonyl (C=O) groups is 1. The van der Waals surface area contributed by atoms with Crippen LogP contribution >= 0.6 is 0 Å². The molecule has 0 heterocycles. The fraction of sp³-hybridized carbons (Fsp3) is 0.800. The van der Waals surface area contributed by atoms with Crippen molar-refractivity contribution in [2.24, 2.45) is 0 Å². The number of hydrogen-bond acceptors (Lipinski definition) is 6. The number of aliphatic hydroxyl groups is 3. The molecule has 3 atom stereocenters. The van der Waals surface area contributed by atoms with Gasteiger partial charge in [-0.3, -0.25) is 5.26 Å². The van der Waals surface area contributed by atoms with Crippen LogP contribution in [-0.2, 0) is 9.68 Å². The van der Waals surface area contributed by atoms with Gasteiger partial charge in [0.1, 0.15) is 12.2 Å². The average Bonchev–Trinajstić information content (AvgIpc) is 2.05. The van der Waals surface area contributed by atoms with E-state index in [4.69, 9.17) is 20.6 Å². The molecule has 0 spiro atoms. The third-order valence-corrected chi connectivity index (χ3v) is 1.17. The number of carbonyl (C=O) groups excluding carboxylic acids is 1. The Kier molecular flexibility index (Phi) is 4.92. The SMILES string of the molecule is O=C[C@H](OO)[C@H](O)[C@H](O)CO. The van der Waals surface area contributed by atoms with Crippen molar-refractivity contribution in [2.45, 2.75) is 18.3 Å². The van der Waals surface area contributed by atoms with Gasteiger partial charge >= 0.3 is 0 Å². The van der Waals surface area contributed by atoms with Crippen LogP contribution in [-0.4, -0.2) is 51.8 Å². The van der Waals surface area contributed by atoms with Crippen molar-refractivity contribution in [3.63, 3.8) is 0 Å². The molecule has 0 bridgehead atoms. The van der Waals surface area contributed by atoms with E-state index >= 15 is 0 Å². The van der Waals surface area contributed by atoms with Crippen LogP contribution in [0.15, 0.2) is 0 Å². The Hall–Kier alpha value is -0.530. The molecular weight excluding hydrogens is 156 g/mol. The summed E-state index contributed by atoms with van der Waals surface area (Å²) in [6, 6.07) is 0. The van der Waals surface area contributed by atoms with Gasteiger partial charge in [-0.1, -0.05) is 0 Å². The minimum absolute atomic E-state index is 0.115. The topological polar surface area (TPSA) is 107 Å². The standard InChI is InChI=1S/C5H10O6/c6-1-3(8)5(9)4(2-7)11-10/h2-6,8-10H,1H2/t3-,4+,5-/m1/s1. The van der Waals surface area contributed by atoms with Crippen LogP contribution in [0.2, 0.25) is 0 Å². The molecule has 0 rings (SSSR count). The van der Waals surface area contributed by atoms with E-state index in [0.717, 1.165) is 0 Å². The predicted octanol–water partition coefficient (Wildman–Crippen LogP) is -2.24. The minimum atomic E-state index is -1.62. The van der Waals surface area contributed by atoms with Gasteiger partial charge in [0.15, 0.2) is 12.4 Å². The van der Waals surface area contributed by atoms with E-state index in [0.29, 0.717) is 0 Å². The van der Waals surface area contributed by atoms with E-state index in [1.54, 1.807) is 0 Å². The van der Waals surface area contributed by atoms with E-state index in [-0.39, 0.29) is 6.29 Å². The summed E-state index contributed by atoms with van der Waals surface area (Å²) in [5, 5.41) is 33.8. The highest BCUT2D eigenvalue weighted by atomic mass is 17.1. The summed E-state index contributed by atoms with van der Waals surface area (Å²) in [4.78, 5) is 13.5. The summed E-state index contributed by atoms with van der Waals surface area (Å²) in [5.41, 5.74) is 0. The highest BCUT2D eigenvalue weighted by molar-refractivity contribution is 5.57. The van der Waals surface area contributed by atoms with Gasteiger partial charge in [0.25, 0.3) is 0 Å². The van der Waals surface area contributed by atoms with Crippen LogP contribution in [0.25, 0.3) is 0 Å². The van der Waals surface area contributed by atoms with E-state index in [9.17, 15) is 4.79 Å². The molecule has 0 aromatic rings. The van der Waals surface area contributed by atoms with Crippen LogP contribution in [0.4, 0.5) is 0 Å². The van der Waals surface area contributed by atoms with Crippen LogP contribution in [0.1, 0.15) is 0 Å². The fourth-order valence-electron chi connectivity index (χ4n) is 0.495. The van der Waals surface area contributed by atoms with Crippen molar-refractivity contribution in [1.82, 2.24) is 0 Å². The van der Waals surface area contributed by atoms with E-state index in [1.165, 1.54) is 0 Å². The monoisotopic (exact) mass is 166 g/mol. The normalized spacial score (nSPS) is 18.9. The second kappa shape index (κ2) is 5.16. The van der Waals surface area contributed by atoms with Gasteiger partial charge < -0.3 is 20.1 Å².